The van der Waals surface area contributed by atoms with E-state index in [2.05, 4.69) is 15.1 Å². The summed E-state index contributed by atoms with van der Waals surface area (Å²) in [5, 5.41) is 7.98. The largest absolute Gasteiger partial charge is 0.496 e. The normalized spacial score (nSPS) is 14.9. The number of likely N-dealkylation sites (N-methyl/N-ethyl adjacent to an activating group) is 1. The molecule has 12 heteroatoms. The molecule has 1 aliphatic heterocycles. The Morgan fingerprint density at radius 1 is 1.19 bits per heavy atom. The fourth-order valence-corrected chi connectivity index (χ4v) is 5.87. The van der Waals surface area contributed by atoms with Gasteiger partial charge in [0.1, 0.15) is 40.2 Å². The number of aryl methyl sites for hydroxylation is 1. The molecule has 2 aromatic carbocycles. The molecule has 218 valence electrons. The maximum Gasteiger partial charge on any atom is 0.253 e. The molecular formula is C31H28N6O5S. The molecule has 0 bridgehead atoms. The van der Waals surface area contributed by atoms with Gasteiger partial charge < -0.3 is 23.5 Å². The van der Waals surface area contributed by atoms with E-state index < -0.39 is 0 Å². The highest BCUT2D eigenvalue weighted by molar-refractivity contribution is 7.13. The third-order valence-electron chi connectivity index (χ3n) is 7.47. The number of nitrogens with zero attached hydrogens (tertiary/aromatic N) is 6. The van der Waals surface area contributed by atoms with Crippen LogP contribution in [0.25, 0.3) is 38.6 Å². The first-order chi connectivity index (χ1) is 20.9. The lowest BCUT2D eigenvalue weighted by Gasteiger charge is -2.23. The summed E-state index contributed by atoms with van der Waals surface area (Å²) in [4.78, 5) is 28.2. The van der Waals surface area contributed by atoms with Crippen molar-refractivity contribution in [2.75, 3.05) is 27.4 Å². The molecule has 5 heterocycles. The fraction of sp³-hybridized carbons (Fsp3) is 0.258. The van der Waals surface area contributed by atoms with Gasteiger partial charge in [0.05, 0.1) is 43.2 Å². The average molecular weight is 597 g/mol. The Kier molecular flexibility index (Phi) is 6.99. The first-order valence-electron chi connectivity index (χ1n) is 13.8. The molecule has 0 aliphatic carbocycles. The van der Waals surface area contributed by atoms with Crippen LogP contribution < -0.4 is 9.47 Å². The van der Waals surface area contributed by atoms with Crippen molar-refractivity contribution < 1.29 is 23.4 Å². The topological polar surface area (TPSA) is 117 Å². The summed E-state index contributed by atoms with van der Waals surface area (Å²) < 4.78 is 25.0. The molecule has 1 atom stereocenters. The standard InChI is InChI=1S/C31H28N6O5S/c1-18-32-13-29-34-25(14-37(29)35-18)28-12-24-26(10-23(39-3)11-27(24)42-28)41-15-21-17-43-30(33-21)19-4-6-20(7-5-19)31(38)36(2)22-8-9-40-16-22/h4-7,10-14,17,22H,8-9,15-16H2,1-3H3. The van der Waals surface area contributed by atoms with E-state index in [4.69, 9.17) is 23.6 Å². The van der Waals surface area contributed by atoms with Gasteiger partial charge in [-0.1, -0.05) is 12.1 Å². The molecular weight excluding hydrogens is 568 g/mol. The fourth-order valence-electron chi connectivity index (χ4n) is 5.06. The number of ether oxygens (including phenoxy) is 3. The molecule has 0 saturated carbocycles. The van der Waals surface area contributed by atoms with Gasteiger partial charge in [0.15, 0.2) is 11.4 Å². The van der Waals surface area contributed by atoms with Gasteiger partial charge in [0, 0.05) is 42.3 Å². The zero-order valence-electron chi connectivity index (χ0n) is 23.8. The van der Waals surface area contributed by atoms with Crippen molar-refractivity contribution in [1.82, 2.24) is 29.5 Å². The van der Waals surface area contributed by atoms with Gasteiger partial charge in [-0.2, -0.15) is 5.10 Å². The lowest BCUT2D eigenvalue weighted by Crippen LogP contribution is -2.37. The van der Waals surface area contributed by atoms with Gasteiger partial charge >= 0.3 is 0 Å². The zero-order chi connectivity index (χ0) is 29.5. The van der Waals surface area contributed by atoms with Crippen LogP contribution in [0.5, 0.6) is 11.5 Å². The molecule has 1 saturated heterocycles. The number of benzene rings is 2. The second kappa shape index (κ2) is 11.1. The second-order valence-corrected chi connectivity index (χ2v) is 11.2. The van der Waals surface area contributed by atoms with Crippen LogP contribution in [0.4, 0.5) is 0 Å². The minimum atomic E-state index is -0.00718. The van der Waals surface area contributed by atoms with Crippen LogP contribution in [-0.4, -0.2) is 68.8 Å². The molecule has 1 fully saturated rings. The van der Waals surface area contributed by atoms with Crippen molar-refractivity contribution in [3.8, 4) is 33.5 Å². The maximum atomic E-state index is 12.9. The molecule has 6 aromatic rings. The van der Waals surface area contributed by atoms with Gasteiger partial charge in [-0.3, -0.25) is 4.79 Å². The number of imidazole rings is 1. The highest BCUT2D eigenvalue weighted by atomic mass is 32.1. The minimum Gasteiger partial charge on any atom is -0.496 e. The number of hydrogen-bond donors (Lipinski definition) is 0. The first-order valence-corrected chi connectivity index (χ1v) is 14.7. The Morgan fingerprint density at radius 2 is 2.05 bits per heavy atom. The molecule has 0 radical (unpaired) electrons. The second-order valence-electron chi connectivity index (χ2n) is 10.3. The summed E-state index contributed by atoms with van der Waals surface area (Å²) in [5.41, 5.74) is 4.25. The first kappa shape index (κ1) is 27.0. The number of aromatic nitrogens is 5. The summed E-state index contributed by atoms with van der Waals surface area (Å²) in [5.74, 6) is 2.44. The van der Waals surface area contributed by atoms with Gasteiger partial charge in [-0.15, -0.1) is 11.3 Å². The van der Waals surface area contributed by atoms with Crippen molar-refractivity contribution in [3.05, 3.63) is 77.3 Å². The predicted molar refractivity (Wildman–Crippen MR) is 160 cm³/mol. The lowest BCUT2D eigenvalue weighted by molar-refractivity contribution is 0.0711. The number of carbonyl (C=O) groups is 1. The molecule has 7 rings (SSSR count). The van der Waals surface area contributed by atoms with E-state index in [1.165, 1.54) is 11.3 Å². The highest BCUT2D eigenvalue weighted by Crippen LogP contribution is 2.37. The Morgan fingerprint density at radius 3 is 2.84 bits per heavy atom. The molecule has 43 heavy (non-hydrogen) atoms. The van der Waals surface area contributed by atoms with Gasteiger partial charge in [-0.05, 0) is 31.5 Å². The number of rotatable bonds is 8. The quantitative estimate of drug-likeness (QED) is 0.227. The van der Waals surface area contributed by atoms with E-state index in [9.17, 15) is 4.79 Å². The van der Waals surface area contributed by atoms with Gasteiger partial charge in [-0.25, -0.2) is 19.5 Å². The van der Waals surface area contributed by atoms with Crippen LogP contribution in [0, 0.1) is 6.92 Å². The van der Waals surface area contributed by atoms with Gasteiger partial charge in [0.25, 0.3) is 5.91 Å². The van der Waals surface area contributed by atoms with Crippen LogP contribution in [0.2, 0.25) is 0 Å². The summed E-state index contributed by atoms with van der Waals surface area (Å²) >= 11 is 1.53. The zero-order valence-corrected chi connectivity index (χ0v) is 24.6. The maximum absolute atomic E-state index is 12.9. The molecule has 1 amide bonds. The number of thiazole rings is 1. The number of furan rings is 1. The number of amides is 1. The Labute approximate surface area is 250 Å². The van der Waals surface area contributed by atoms with Crippen molar-refractivity contribution in [2.24, 2.45) is 0 Å². The summed E-state index contributed by atoms with van der Waals surface area (Å²) in [6.45, 7) is 3.37. The van der Waals surface area contributed by atoms with E-state index >= 15 is 0 Å². The lowest BCUT2D eigenvalue weighted by atomic mass is 10.1. The number of hydrogen-bond acceptors (Lipinski definition) is 10. The summed E-state index contributed by atoms with van der Waals surface area (Å²) in [6, 6.07) is 13.2. The molecule has 0 N–H and O–H groups in total. The van der Waals surface area contributed by atoms with Crippen molar-refractivity contribution in [2.45, 2.75) is 26.0 Å². The monoisotopic (exact) mass is 596 g/mol. The van der Waals surface area contributed by atoms with E-state index in [0.29, 0.717) is 58.8 Å². The van der Waals surface area contributed by atoms with E-state index in [-0.39, 0.29) is 18.6 Å². The minimum absolute atomic E-state index is 0.00718. The molecule has 1 aliphatic rings. The average Bonchev–Trinajstić information content (AvgIpc) is 3.85. The SMILES string of the molecule is COc1cc(OCc2csc(-c3ccc(C(=O)N(C)C4CCOC4)cc3)n2)c2cc(-c3cn4nc(C)ncc4n3)oc2c1. The van der Waals surface area contributed by atoms with Crippen molar-refractivity contribution in [3.63, 3.8) is 0 Å². The molecule has 1 unspecified atom stereocenters. The van der Waals surface area contributed by atoms with Crippen LogP contribution in [0.1, 0.15) is 28.3 Å². The third kappa shape index (κ3) is 5.30. The summed E-state index contributed by atoms with van der Waals surface area (Å²) in [7, 11) is 3.43. The van der Waals surface area contributed by atoms with Crippen molar-refractivity contribution >= 4 is 33.9 Å². The highest BCUT2D eigenvalue weighted by Gasteiger charge is 2.25. The molecule has 4 aromatic heterocycles. The molecule has 0 spiro atoms. The Balaban J connectivity index is 1.08. The van der Waals surface area contributed by atoms with Crippen molar-refractivity contribution in [1.29, 1.82) is 0 Å². The van der Waals surface area contributed by atoms with Gasteiger partial charge in [0.2, 0.25) is 0 Å². The van der Waals surface area contributed by atoms with E-state index in [1.54, 1.807) is 22.7 Å². The van der Waals surface area contributed by atoms with Crippen LogP contribution in [0.3, 0.4) is 0 Å². The smallest absolute Gasteiger partial charge is 0.253 e. The van der Waals surface area contributed by atoms with Crippen LogP contribution in [0.15, 0.2) is 64.7 Å². The third-order valence-corrected chi connectivity index (χ3v) is 8.41. The Hall–Kier alpha value is -4.81. The summed E-state index contributed by atoms with van der Waals surface area (Å²) in [6.07, 6.45) is 4.35. The van der Waals surface area contributed by atoms with Crippen LogP contribution >= 0.6 is 11.3 Å². The number of carbonyl (C=O) groups excluding carboxylic acids is 1. The predicted octanol–water partition coefficient (Wildman–Crippen LogP) is 5.42. The Bertz CT molecular complexity index is 1940. The van der Waals surface area contributed by atoms with Crippen LogP contribution in [-0.2, 0) is 11.3 Å². The number of fused-ring (bicyclic) bond motifs is 2. The van der Waals surface area contributed by atoms with E-state index in [1.807, 2.05) is 68.0 Å². The molecule has 11 nitrogen and oxygen atoms in total. The number of methoxy groups -OCH3 is 1. The van der Waals surface area contributed by atoms with E-state index in [0.717, 1.165) is 28.1 Å².